The van der Waals surface area contributed by atoms with Crippen molar-refractivity contribution in [3.8, 4) is 0 Å². The lowest BCUT2D eigenvalue weighted by molar-refractivity contribution is -0.142. The molecule has 0 atom stereocenters. The average Bonchev–Trinajstić information content (AvgIpc) is 2.30. The van der Waals surface area contributed by atoms with E-state index in [1.807, 2.05) is 13.8 Å². The number of rotatable bonds is 8. The highest BCUT2D eigenvalue weighted by Gasteiger charge is 1.96. The van der Waals surface area contributed by atoms with E-state index in [1.54, 1.807) is 0 Å². The molecular weight excluding hydrogens is 228 g/mol. The Kier molecular flexibility index (Phi) is 15.9. The van der Waals surface area contributed by atoms with Crippen LogP contribution in [0.4, 0.5) is 0 Å². The molecule has 0 aromatic heterocycles. The Morgan fingerprint density at radius 1 is 1.00 bits per heavy atom. The first-order valence-electron chi connectivity index (χ1n) is 5.52. The van der Waals surface area contributed by atoms with Gasteiger partial charge in [-0.25, -0.2) is 0 Å². The molecule has 0 aliphatic heterocycles. The average molecular weight is 250 g/mol. The van der Waals surface area contributed by atoms with Crippen molar-refractivity contribution < 1.29 is 28.9 Å². The highest BCUT2D eigenvalue weighted by atomic mass is 16.5. The number of aliphatic carboxylic acids is 1. The van der Waals surface area contributed by atoms with E-state index in [0.717, 1.165) is 0 Å². The Bertz CT molecular complexity index is 192. The molecule has 0 aromatic rings. The fraction of sp³-hybridized carbons (Fsp3) is 0.818. The van der Waals surface area contributed by atoms with Gasteiger partial charge in [0.05, 0.1) is 33.2 Å². The molecule has 102 valence electrons. The maximum absolute atomic E-state index is 10.4. The van der Waals surface area contributed by atoms with Crippen LogP contribution < -0.4 is 0 Å². The van der Waals surface area contributed by atoms with Crippen LogP contribution in [0.15, 0.2) is 0 Å². The van der Waals surface area contributed by atoms with E-state index in [4.69, 9.17) is 14.6 Å². The van der Waals surface area contributed by atoms with Crippen molar-refractivity contribution in [3.63, 3.8) is 0 Å². The first kappa shape index (κ1) is 18.2. The normalized spacial score (nSPS) is 9.12. The minimum Gasteiger partial charge on any atom is -0.481 e. The maximum atomic E-state index is 10.4. The second-order valence-electron chi connectivity index (χ2n) is 2.86. The second-order valence-corrected chi connectivity index (χ2v) is 2.86. The lowest BCUT2D eigenvalue weighted by atomic mass is 10.5. The van der Waals surface area contributed by atoms with Crippen molar-refractivity contribution in [2.45, 2.75) is 26.7 Å². The largest absolute Gasteiger partial charge is 0.481 e. The summed E-state index contributed by atoms with van der Waals surface area (Å²) in [5, 5.41) is 8.06. The summed E-state index contributed by atoms with van der Waals surface area (Å²) < 4.78 is 14.0. The third-order valence-corrected chi connectivity index (χ3v) is 1.55. The van der Waals surface area contributed by atoms with Crippen molar-refractivity contribution in [3.05, 3.63) is 0 Å². The lowest BCUT2D eigenvalue weighted by Gasteiger charge is -1.97. The molecule has 0 spiro atoms. The van der Waals surface area contributed by atoms with Crippen LogP contribution in [0.3, 0.4) is 0 Å². The van der Waals surface area contributed by atoms with E-state index in [-0.39, 0.29) is 12.4 Å². The number of hydrogen-bond donors (Lipinski definition) is 1. The van der Waals surface area contributed by atoms with Gasteiger partial charge in [0.25, 0.3) is 0 Å². The molecule has 0 saturated heterocycles. The van der Waals surface area contributed by atoms with E-state index in [9.17, 15) is 9.59 Å². The van der Waals surface area contributed by atoms with E-state index < -0.39 is 5.97 Å². The van der Waals surface area contributed by atoms with E-state index >= 15 is 0 Å². The molecule has 17 heavy (non-hydrogen) atoms. The zero-order valence-electron chi connectivity index (χ0n) is 10.7. The van der Waals surface area contributed by atoms with Crippen molar-refractivity contribution in [1.29, 1.82) is 0 Å². The number of carbonyl (C=O) groups excluding carboxylic acids is 1. The lowest BCUT2D eigenvalue weighted by Crippen LogP contribution is -2.05. The summed E-state index contributed by atoms with van der Waals surface area (Å²) >= 11 is 0. The fourth-order valence-electron chi connectivity index (χ4n) is 0.706. The number of carboxylic acid groups (broad SMARTS) is 1. The first-order valence-corrected chi connectivity index (χ1v) is 5.52. The van der Waals surface area contributed by atoms with Crippen LogP contribution >= 0.6 is 0 Å². The van der Waals surface area contributed by atoms with Crippen LogP contribution in [-0.4, -0.2) is 50.6 Å². The van der Waals surface area contributed by atoms with Gasteiger partial charge in [0.15, 0.2) is 0 Å². The van der Waals surface area contributed by atoms with Gasteiger partial charge in [-0.15, -0.1) is 0 Å². The summed E-state index contributed by atoms with van der Waals surface area (Å²) in [4.78, 5) is 20.2. The van der Waals surface area contributed by atoms with Gasteiger partial charge in [0.2, 0.25) is 0 Å². The summed E-state index contributed by atoms with van der Waals surface area (Å²) in [5.41, 5.74) is 0. The van der Waals surface area contributed by atoms with Crippen LogP contribution in [0.2, 0.25) is 0 Å². The van der Waals surface area contributed by atoms with Gasteiger partial charge in [0, 0.05) is 13.2 Å². The maximum Gasteiger partial charge on any atom is 0.307 e. The Labute approximate surface area is 102 Å². The van der Waals surface area contributed by atoms with Gasteiger partial charge in [-0.3, -0.25) is 9.59 Å². The number of hydrogen-bond acceptors (Lipinski definition) is 5. The predicted octanol–water partition coefficient (Wildman–Crippen LogP) is 1.08. The molecule has 0 heterocycles. The molecule has 0 aliphatic rings. The number of carboxylic acids is 1. The number of methoxy groups -OCH3 is 1. The van der Waals surface area contributed by atoms with Crippen LogP contribution in [0.5, 0.6) is 0 Å². The van der Waals surface area contributed by atoms with Gasteiger partial charge in [0.1, 0.15) is 0 Å². The first-order chi connectivity index (χ1) is 8.08. The molecule has 6 heteroatoms. The van der Waals surface area contributed by atoms with E-state index in [0.29, 0.717) is 32.8 Å². The molecule has 0 fully saturated rings. The highest BCUT2D eigenvalue weighted by molar-refractivity contribution is 5.69. The number of carbonyl (C=O) groups is 2. The van der Waals surface area contributed by atoms with Crippen molar-refractivity contribution in [1.82, 2.24) is 0 Å². The van der Waals surface area contributed by atoms with Crippen LogP contribution in [0, 0.1) is 0 Å². The third-order valence-electron chi connectivity index (χ3n) is 1.55. The Morgan fingerprint density at radius 2 is 1.47 bits per heavy atom. The van der Waals surface area contributed by atoms with Gasteiger partial charge in [-0.1, -0.05) is 0 Å². The molecule has 0 radical (unpaired) electrons. The van der Waals surface area contributed by atoms with Gasteiger partial charge in [-0.2, -0.15) is 0 Å². The SMILES string of the molecule is CCOCCC(=O)O.CCOCCC(=O)OC. The summed E-state index contributed by atoms with van der Waals surface area (Å²) in [7, 11) is 1.37. The number of esters is 1. The predicted molar refractivity (Wildman–Crippen MR) is 61.9 cm³/mol. The molecule has 0 rings (SSSR count). The van der Waals surface area contributed by atoms with E-state index in [2.05, 4.69) is 4.74 Å². The van der Waals surface area contributed by atoms with E-state index in [1.165, 1.54) is 7.11 Å². The van der Waals surface area contributed by atoms with Crippen molar-refractivity contribution in [2.24, 2.45) is 0 Å². The van der Waals surface area contributed by atoms with Gasteiger partial charge in [-0.05, 0) is 13.8 Å². The zero-order valence-corrected chi connectivity index (χ0v) is 10.7. The quantitative estimate of drug-likeness (QED) is 0.513. The molecule has 0 saturated carbocycles. The molecule has 0 bridgehead atoms. The zero-order chi connectivity index (χ0) is 13.5. The third kappa shape index (κ3) is 20.8. The molecule has 0 aliphatic carbocycles. The topological polar surface area (TPSA) is 82.1 Å². The molecular formula is C11H22O6. The summed E-state index contributed by atoms with van der Waals surface area (Å²) in [5.74, 6) is -1.03. The molecule has 6 nitrogen and oxygen atoms in total. The fourth-order valence-corrected chi connectivity index (χ4v) is 0.706. The molecule has 0 unspecified atom stereocenters. The van der Waals surface area contributed by atoms with Crippen molar-refractivity contribution >= 4 is 11.9 Å². The van der Waals surface area contributed by atoms with Gasteiger partial charge < -0.3 is 19.3 Å². The Morgan fingerprint density at radius 3 is 1.82 bits per heavy atom. The van der Waals surface area contributed by atoms with Crippen LogP contribution in [0.25, 0.3) is 0 Å². The van der Waals surface area contributed by atoms with Crippen LogP contribution in [-0.2, 0) is 23.8 Å². The number of ether oxygens (including phenoxy) is 3. The summed E-state index contributed by atoms with van der Waals surface area (Å²) in [6, 6.07) is 0. The smallest absolute Gasteiger partial charge is 0.307 e. The summed E-state index contributed by atoms with van der Waals surface area (Å²) in [6.07, 6.45) is 0.457. The Hall–Kier alpha value is -1.14. The van der Waals surface area contributed by atoms with Crippen LogP contribution in [0.1, 0.15) is 26.7 Å². The highest BCUT2D eigenvalue weighted by Crippen LogP contribution is 1.84. The minimum atomic E-state index is -0.807. The molecule has 0 amide bonds. The molecule has 1 N–H and O–H groups in total. The van der Waals surface area contributed by atoms with Gasteiger partial charge >= 0.3 is 11.9 Å². The summed E-state index contributed by atoms with van der Waals surface area (Å²) in [6.45, 7) is 5.75. The van der Waals surface area contributed by atoms with Crippen molar-refractivity contribution in [2.75, 3.05) is 33.5 Å². The minimum absolute atomic E-state index is 0.105. The second kappa shape index (κ2) is 14.9. The Balaban J connectivity index is 0. The molecule has 0 aromatic carbocycles. The monoisotopic (exact) mass is 250 g/mol. The standard InChI is InChI=1S/C6H12O3.C5H10O3/c1-3-9-5-4-6(7)8-2;1-2-8-4-3-5(6)7/h3-5H2,1-2H3;2-4H2,1H3,(H,6,7).